The lowest BCUT2D eigenvalue weighted by molar-refractivity contribution is -0.114. The first-order valence-corrected chi connectivity index (χ1v) is 6.86. The highest BCUT2D eigenvalue weighted by Gasteiger charge is 2.04. The third-order valence-corrected chi connectivity index (χ3v) is 3.35. The van der Waals surface area contributed by atoms with Gasteiger partial charge in [0.25, 0.3) is 0 Å². The zero-order valence-electron chi connectivity index (χ0n) is 9.99. The molecule has 5 heteroatoms. The Morgan fingerprint density at radius 3 is 2.68 bits per heavy atom. The van der Waals surface area contributed by atoms with Crippen molar-refractivity contribution in [2.24, 2.45) is 0 Å². The Hall–Kier alpha value is -1.52. The lowest BCUT2D eigenvalue weighted by Gasteiger charge is -2.09. The number of carbonyl (C=O) groups excluding carboxylic acids is 1. The number of benzene rings is 2. The van der Waals surface area contributed by atoms with Crippen molar-refractivity contribution < 1.29 is 4.79 Å². The van der Waals surface area contributed by atoms with Gasteiger partial charge in [0.15, 0.2) is 0 Å². The van der Waals surface area contributed by atoms with Crippen LogP contribution in [0.2, 0.25) is 5.02 Å². The summed E-state index contributed by atoms with van der Waals surface area (Å²) in [6, 6.07) is 14.7. The molecule has 1 amide bonds. The highest BCUT2D eigenvalue weighted by Crippen LogP contribution is 2.21. The van der Waals surface area contributed by atoms with Gasteiger partial charge in [0, 0.05) is 15.2 Å². The van der Waals surface area contributed by atoms with Gasteiger partial charge in [-0.25, -0.2) is 0 Å². The molecule has 0 aromatic heterocycles. The van der Waals surface area contributed by atoms with Gasteiger partial charge in [-0.3, -0.25) is 4.79 Å². The minimum atomic E-state index is -0.119. The molecule has 0 fully saturated rings. The largest absolute Gasteiger partial charge is 0.376 e. The molecule has 0 aliphatic carbocycles. The van der Waals surface area contributed by atoms with E-state index in [0.717, 1.165) is 15.8 Å². The summed E-state index contributed by atoms with van der Waals surface area (Å²) >= 11 is 9.24. The summed E-state index contributed by atoms with van der Waals surface area (Å²) in [6.45, 7) is 0.182. The third-order valence-electron chi connectivity index (χ3n) is 2.43. The first-order chi connectivity index (χ1) is 9.15. The van der Waals surface area contributed by atoms with Crippen molar-refractivity contribution in [3.05, 3.63) is 58.0 Å². The Labute approximate surface area is 125 Å². The number of nitrogens with one attached hydrogen (secondary N) is 2. The maximum absolute atomic E-state index is 11.8. The quantitative estimate of drug-likeness (QED) is 0.878. The molecule has 0 atom stereocenters. The monoisotopic (exact) mass is 338 g/mol. The second-order valence-corrected chi connectivity index (χ2v) is 5.18. The first kappa shape index (κ1) is 13.9. The van der Waals surface area contributed by atoms with Crippen molar-refractivity contribution in [2.45, 2.75) is 0 Å². The summed E-state index contributed by atoms with van der Waals surface area (Å²) in [7, 11) is 0. The molecule has 0 aliphatic rings. The van der Waals surface area contributed by atoms with Gasteiger partial charge in [0.1, 0.15) is 0 Å². The molecular formula is C14H12BrClN2O. The highest BCUT2D eigenvalue weighted by molar-refractivity contribution is 9.10. The molecule has 0 spiro atoms. The predicted octanol–water partition coefficient (Wildman–Crippen LogP) is 4.15. The normalized spacial score (nSPS) is 10.0. The van der Waals surface area contributed by atoms with Crippen molar-refractivity contribution in [3.8, 4) is 0 Å². The average molecular weight is 340 g/mol. The van der Waals surface area contributed by atoms with Crippen LogP contribution in [0.1, 0.15) is 0 Å². The fraction of sp³-hybridized carbons (Fsp3) is 0.0714. The number of para-hydroxylation sites is 1. The minimum absolute atomic E-state index is 0.119. The molecule has 0 radical (unpaired) electrons. The van der Waals surface area contributed by atoms with Gasteiger partial charge in [-0.2, -0.15) is 0 Å². The van der Waals surface area contributed by atoms with Crippen LogP contribution >= 0.6 is 27.5 Å². The van der Waals surface area contributed by atoms with E-state index < -0.39 is 0 Å². The molecule has 98 valence electrons. The highest BCUT2D eigenvalue weighted by atomic mass is 79.9. The molecule has 0 bridgehead atoms. The lowest BCUT2D eigenvalue weighted by atomic mass is 10.3. The van der Waals surface area contributed by atoms with Crippen molar-refractivity contribution in [2.75, 3.05) is 17.2 Å². The van der Waals surface area contributed by atoms with E-state index in [1.165, 1.54) is 0 Å². The van der Waals surface area contributed by atoms with Gasteiger partial charge in [-0.15, -0.1) is 0 Å². The number of hydrogen-bond acceptors (Lipinski definition) is 2. The molecule has 3 nitrogen and oxygen atoms in total. The van der Waals surface area contributed by atoms with Crippen molar-refractivity contribution in [1.29, 1.82) is 0 Å². The molecule has 2 aromatic rings. The van der Waals surface area contributed by atoms with E-state index in [4.69, 9.17) is 11.6 Å². The Balaban J connectivity index is 1.90. The third kappa shape index (κ3) is 4.26. The topological polar surface area (TPSA) is 41.1 Å². The van der Waals surface area contributed by atoms with E-state index in [9.17, 15) is 4.79 Å². The van der Waals surface area contributed by atoms with E-state index in [0.29, 0.717) is 5.02 Å². The van der Waals surface area contributed by atoms with E-state index >= 15 is 0 Å². The molecule has 0 saturated heterocycles. The van der Waals surface area contributed by atoms with Crippen LogP contribution in [0.5, 0.6) is 0 Å². The Morgan fingerprint density at radius 2 is 1.95 bits per heavy atom. The molecule has 0 heterocycles. The van der Waals surface area contributed by atoms with Crippen LogP contribution in [0.3, 0.4) is 0 Å². The number of carbonyl (C=O) groups is 1. The van der Waals surface area contributed by atoms with E-state index in [2.05, 4.69) is 26.6 Å². The number of rotatable bonds is 4. The SMILES string of the molecule is O=C(CNc1cccc(Cl)c1)Nc1ccccc1Br. The van der Waals surface area contributed by atoms with E-state index in [1.807, 2.05) is 36.4 Å². The van der Waals surface area contributed by atoms with Crippen molar-refractivity contribution in [1.82, 2.24) is 0 Å². The van der Waals surface area contributed by atoms with Gasteiger partial charge in [0.05, 0.1) is 12.2 Å². The summed E-state index contributed by atoms with van der Waals surface area (Å²) in [5.41, 5.74) is 1.56. The molecule has 2 rings (SSSR count). The van der Waals surface area contributed by atoms with Crippen molar-refractivity contribution >= 4 is 44.8 Å². The van der Waals surface area contributed by atoms with Crippen LogP contribution in [0.25, 0.3) is 0 Å². The molecule has 2 N–H and O–H groups in total. The van der Waals surface area contributed by atoms with Crippen molar-refractivity contribution in [3.63, 3.8) is 0 Å². The second kappa shape index (κ2) is 6.59. The zero-order chi connectivity index (χ0) is 13.7. The lowest BCUT2D eigenvalue weighted by Crippen LogP contribution is -2.21. The molecule has 0 saturated carbocycles. The van der Waals surface area contributed by atoms with Gasteiger partial charge in [-0.1, -0.05) is 29.8 Å². The Bertz CT molecular complexity index is 589. The average Bonchev–Trinajstić information content (AvgIpc) is 2.39. The van der Waals surface area contributed by atoms with Gasteiger partial charge in [-0.05, 0) is 46.3 Å². The summed E-state index contributed by atoms with van der Waals surface area (Å²) in [5, 5.41) is 6.46. The van der Waals surface area contributed by atoms with Gasteiger partial charge in [0.2, 0.25) is 5.91 Å². The van der Waals surface area contributed by atoms with Gasteiger partial charge >= 0.3 is 0 Å². The molecule has 0 aliphatic heterocycles. The number of amides is 1. The van der Waals surface area contributed by atoms with Gasteiger partial charge < -0.3 is 10.6 Å². The fourth-order valence-electron chi connectivity index (χ4n) is 1.54. The molecule has 19 heavy (non-hydrogen) atoms. The second-order valence-electron chi connectivity index (χ2n) is 3.89. The number of anilines is 2. The van der Waals surface area contributed by atoms with Crippen LogP contribution in [0.4, 0.5) is 11.4 Å². The first-order valence-electron chi connectivity index (χ1n) is 5.69. The summed E-state index contributed by atoms with van der Waals surface area (Å²) in [4.78, 5) is 11.8. The maximum atomic E-state index is 11.8. The van der Waals surface area contributed by atoms with Crippen LogP contribution < -0.4 is 10.6 Å². The van der Waals surface area contributed by atoms with E-state index in [-0.39, 0.29) is 12.5 Å². The minimum Gasteiger partial charge on any atom is -0.376 e. The van der Waals surface area contributed by atoms with E-state index in [1.54, 1.807) is 12.1 Å². The zero-order valence-corrected chi connectivity index (χ0v) is 12.3. The molecular weight excluding hydrogens is 328 g/mol. The van der Waals surface area contributed by atoms with Crippen LogP contribution in [0, 0.1) is 0 Å². The molecule has 2 aromatic carbocycles. The van der Waals surface area contributed by atoms with Crippen LogP contribution in [-0.4, -0.2) is 12.5 Å². The summed E-state index contributed by atoms with van der Waals surface area (Å²) in [5.74, 6) is -0.119. The maximum Gasteiger partial charge on any atom is 0.243 e. The Kier molecular flexibility index (Phi) is 4.82. The standard InChI is InChI=1S/C14H12BrClN2O/c15-12-6-1-2-7-13(12)18-14(19)9-17-11-5-3-4-10(16)8-11/h1-8,17H,9H2,(H,18,19). The fourth-order valence-corrected chi connectivity index (χ4v) is 2.11. The number of halogens is 2. The predicted molar refractivity (Wildman–Crippen MR) is 82.7 cm³/mol. The molecule has 0 unspecified atom stereocenters. The summed E-state index contributed by atoms with van der Waals surface area (Å²) in [6.07, 6.45) is 0. The smallest absolute Gasteiger partial charge is 0.243 e. The summed E-state index contributed by atoms with van der Waals surface area (Å²) < 4.78 is 0.853. The van der Waals surface area contributed by atoms with Crippen LogP contribution in [-0.2, 0) is 4.79 Å². The Morgan fingerprint density at radius 1 is 1.16 bits per heavy atom. The van der Waals surface area contributed by atoms with Crippen LogP contribution in [0.15, 0.2) is 53.0 Å². The number of hydrogen-bond donors (Lipinski definition) is 2.